The highest BCUT2D eigenvalue weighted by molar-refractivity contribution is 5.78. The summed E-state index contributed by atoms with van der Waals surface area (Å²) in [5.74, 6) is 1.13. The fraction of sp³-hybridized carbons (Fsp3) is 0.706. The smallest absolute Gasteiger partial charge is 0.223 e. The molecule has 0 bridgehead atoms. The molecule has 1 saturated heterocycles. The van der Waals surface area contributed by atoms with Crippen LogP contribution in [0.2, 0.25) is 0 Å². The van der Waals surface area contributed by atoms with Crippen LogP contribution < -0.4 is 0 Å². The Kier molecular flexibility index (Phi) is 3.83. The van der Waals surface area contributed by atoms with Gasteiger partial charge in [0, 0.05) is 32.5 Å². The maximum absolute atomic E-state index is 12.5. The van der Waals surface area contributed by atoms with Crippen molar-refractivity contribution in [1.82, 2.24) is 19.4 Å². The summed E-state index contributed by atoms with van der Waals surface area (Å²) in [6, 6.07) is 0. The molecule has 2 fully saturated rings. The molecule has 23 heavy (non-hydrogen) atoms. The van der Waals surface area contributed by atoms with Gasteiger partial charge in [0.15, 0.2) is 0 Å². The van der Waals surface area contributed by atoms with Crippen molar-refractivity contribution in [2.24, 2.45) is 5.92 Å². The van der Waals surface area contributed by atoms with Crippen molar-refractivity contribution in [2.45, 2.75) is 58.2 Å². The van der Waals surface area contributed by atoms with Gasteiger partial charge in [-0.2, -0.15) is 0 Å². The van der Waals surface area contributed by atoms with Crippen LogP contribution in [0.25, 0.3) is 0 Å². The van der Waals surface area contributed by atoms with E-state index in [4.69, 9.17) is 0 Å². The van der Waals surface area contributed by atoms with Gasteiger partial charge >= 0.3 is 0 Å². The minimum absolute atomic E-state index is 0.224. The molecule has 1 aromatic heterocycles. The number of carbonyl (C=O) groups excluding carboxylic acids is 2. The normalized spacial score (nSPS) is 21.5. The second-order valence-corrected chi connectivity index (χ2v) is 7.07. The Labute approximate surface area is 136 Å². The third kappa shape index (κ3) is 3.12. The van der Waals surface area contributed by atoms with E-state index >= 15 is 0 Å². The lowest BCUT2D eigenvalue weighted by Gasteiger charge is -2.21. The summed E-state index contributed by atoms with van der Waals surface area (Å²) < 4.78 is 2.17. The van der Waals surface area contributed by atoms with Gasteiger partial charge in [0.25, 0.3) is 0 Å². The lowest BCUT2D eigenvalue weighted by molar-refractivity contribution is -0.132. The van der Waals surface area contributed by atoms with E-state index in [0.717, 1.165) is 43.9 Å². The van der Waals surface area contributed by atoms with Crippen molar-refractivity contribution in [1.29, 1.82) is 0 Å². The van der Waals surface area contributed by atoms with E-state index in [0.29, 0.717) is 31.8 Å². The summed E-state index contributed by atoms with van der Waals surface area (Å²) in [5, 5.41) is 0. The van der Waals surface area contributed by atoms with Gasteiger partial charge in [-0.15, -0.1) is 0 Å². The number of aryl methyl sites for hydroxylation is 1. The van der Waals surface area contributed by atoms with Crippen molar-refractivity contribution in [2.75, 3.05) is 13.1 Å². The zero-order chi connectivity index (χ0) is 15.8. The second-order valence-electron chi connectivity index (χ2n) is 7.07. The number of hydrogen-bond donors (Lipinski definition) is 0. The summed E-state index contributed by atoms with van der Waals surface area (Å²) in [5.41, 5.74) is 2.08. The number of amides is 2. The summed E-state index contributed by atoms with van der Waals surface area (Å²) in [7, 11) is 0. The van der Waals surface area contributed by atoms with Gasteiger partial charge in [-0.05, 0) is 31.6 Å². The van der Waals surface area contributed by atoms with E-state index in [1.807, 2.05) is 16.1 Å². The first-order valence-corrected chi connectivity index (χ1v) is 8.79. The quantitative estimate of drug-likeness (QED) is 0.846. The second kappa shape index (κ2) is 5.98. The van der Waals surface area contributed by atoms with Crippen LogP contribution in [0.1, 0.15) is 49.9 Å². The minimum atomic E-state index is 0.224. The van der Waals surface area contributed by atoms with Crippen LogP contribution in [0.4, 0.5) is 0 Å². The van der Waals surface area contributed by atoms with E-state index in [1.165, 1.54) is 12.8 Å². The largest absolute Gasteiger partial charge is 0.337 e. The number of rotatable bonds is 4. The number of hydrogen-bond acceptors (Lipinski definition) is 3. The summed E-state index contributed by atoms with van der Waals surface area (Å²) >= 11 is 0. The average Bonchev–Trinajstić information content (AvgIpc) is 3.21. The number of likely N-dealkylation sites (tertiary alicyclic amines) is 1. The minimum Gasteiger partial charge on any atom is -0.337 e. The number of aromatic nitrogens is 2. The van der Waals surface area contributed by atoms with Crippen molar-refractivity contribution in [3.63, 3.8) is 0 Å². The third-order valence-electron chi connectivity index (χ3n) is 5.23. The zero-order valence-corrected chi connectivity index (χ0v) is 13.5. The van der Waals surface area contributed by atoms with Crippen LogP contribution >= 0.6 is 0 Å². The fourth-order valence-corrected chi connectivity index (χ4v) is 3.61. The number of carbonyl (C=O) groups is 2. The summed E-state index contributed by atoms with van der Waals surface area (Å²) in [6.45, 7) is 3.79. The molecule has 0 atom stereocenters. The highest BCUT2D eigenvalue weighted by atomic mass is 16.2. The Hall–Kier alpha value is -1.85. The Morgan fingerprint density at radius 3 is 2.83 bits per heavy atom. The predicted molar refractivity (Wildman–Crippen MR) is 84.3 cm³/mol. The molecule has 1 aromatic rings. The van der Waals surface area contributed by atoms with Crippen molar-refractivity contribution >= 4 is 11.8 Å². The maximum Gasteiger partial charge on any atom is 0.223 e. The molecule has 1 aliphatic carbocycles. The maximum atomic E-state index is 12.5. The van der Waals surface area contributed by atoms with Crippen molar-refractivity contribution < 1.29 is 9.59 Å². The molecule has 0 N–H and O–H groups in total. The Morgan fingerprint density at radius 2 is 2.09 bits per heavy atom. The van der Waals surface area contributed by atoms with Gasteiger partial charge in [-0.3, -0.25) is 9.59 Å². The van der Waals surface area contributed by atoms with Crippen LogP contribution in [0.5, 0.6) is 0 Å². The monoisotopic (exact) mass is 316 g/mol. The molecule has 0 spiro atoms. The van der Waals surface area contributed by atoms with E-state index in [2.05, 4.69) is 9.55 Å². The van der Waals surface area contributed by atoms with Gasteiger partial charge in [0.2, 0.25) is 11.8 Å². The Bertz CT molecular complexity index is 620. The molecule has 4 rings (SSSR count). The van der Waals surface area contributed by atoms with Crippen LogP contribution in [-0.2, 0) is 29.2 Å². The molecule has 0 aromatic carbocycles. The Balaban J connectivity index is 1.49. The molecule has 1 saturated carbocycles. The Morgan fingerprint density at radius 1 is 1.22 bits per heavy atom. The lowest BCUT2D eigenvalue weighted by atomic mass is 10.2. The van der Waals surface area contributed by atoms with Crippen LogP contribution in [0, 0.1) is 5.92 Å². The molecule has 124 valence electrons. The molecule has 2 aliphatic heterocycles. The molecule has 0 unspecified atom stereocenters. The fourth-order valence-electron chi connectivity index (χ4n) is 3.61. The van der Waals surface area contributed by atoms with E-state index < -0.39 is 0 Å². The number of nitrogens with zero attached hydrogens (tertiary/aromatic N) is 4. The number of imidazole rings is 1. The van der Waals surface area contributed by atoms with Crippen molar-refractivity contribution in [3.8, 4) is 0 Å². The summed E-state index contributed by atoms with van der Waals surface area (Å²) in [6.07, 6.45) is 7.57. The highest BCUT2D eigenvalue weighted by Gasteiger charge is 2.29. The first-order chi connectivity index (χ1) is 11.2. The standard InChI is InChI=1S/C17H24N4O2/c22-16-3-1-6-19(16)10-14-15-11-20(17(23)9-13-4-5-13)7-2-8-21(15)12-18-14/h12-13H,1-11H2. The topological polar surface area (TPSA) is 58.4 Å². The van der Waals surface area contributed by atoms with Gasteiger partial charge in [-0.25, -0.2) is 4.98 Å². The van der Waals surface area contributed by atoms with Gasteiger partial charge < -0.3 is 14.4 Å². The number of fused-ring (bicyclic) bond motifs is 1. The molecular formula is C17H24N4O2. The molecule has 6 nitrogen and oxygen atoms in total. The molecule has 2 amide bonds. The van der Waals surface area contributed by atoms with E-state index in [-0.39, 0.29) is 11.8 Å². The van der Waals surface area contributed by atoms with Gasteiger partial charge in [0.05, 0.1) is 30.8 Å². The first-order valence-electron chi connectivity index (χ1n) is 8.79. The van der Waals surface area contributed by atoms with Crippen LogP contribution in [-0.4, -0.2) is 44.3 Å². The van der Waals surface area contributed by atoms with Gasteiger partial charge in [0.1, 0.15) is 0 Å². The molecule has 6 heteroatoms. The molecule has 3 aliphatic rings. The SMILES string of the molecule is O=C1CCCN1Cc1ncn2c1CN(C(=O)CC1CC1)CCC2. The highest BCUT2D eigenvalue weighted by Crippen LogP contribution is 2.33. The third-order valence-corrected chi connectivity index (χ3v) is 5.23. The summed E-state index contributed by atoms with van der Waals surface area (Å²) in [4.78, 5) is 32.8. The lowest BCUT2D eigenvalue weighted by Crippen LogP contribution is -2.31. The van der Waals surface area contributed by atoms with Crippen molar-refractivity contribution in [3.05, 3.63) is 17.7 Å². The molecule has 3 heterocycles. The van der Waals surface area contributed by atoms with Crippen LogP contribution in [0.3, 0.4) is 0 Å². The van der Waals surface area contributed by atoms with Crippen LogP contribution in [0.15, 0.2) is 6.33 Å². The zero-order valence-electron chi connectivity index (χ0n) is 13.5. The van der Waals surface area contributed by atoms with E-state index in [1.54, 1.807) is 0 Å². The molecule has 0 radical (unpaired) electrons. The first kappa shape index (κ1) is 14.7. The van der Waals surface area contributed by atoms with Gasteiger partial charge in [-0.1, -0.05) is 0 Å². The average molecular weight is 316 g/mol. The molecular weight excluding hydrogens is 292 g/mol. The predicted octanol–water partition coefficient (Wildman–Crippen LogP) is 1.54. The van der Waals surface area contributed by atoms with E-state index in [9.17, 15) is 9.59 Å².